The fourth-order valence-electron chi connectivity index (χ4n) is 2.07. The minimum Gasteiger partial charge on any atom is -0.330 e. The largest absolute Gasteiger partial charge is 0.401 e. The van der Waals surface area contributed by atoms with Crippen molar-refractivity contribution in [2.24, 2.45) is 5.73 Å². The number of nitrogens with two attached hydrogens (primary N) is 1. The predicted octanol–water partition coefficient (Wildman–Crippen LogP) is 2.96. The van der Waals surface area contributed by atoms with E-state index in [1.165, 1.54) is 4.90 Å². The van der Waals surface area contributed by atoms with Gasteiger partial charge in [0.05, 0.1) is 6.54 Å². The van der Waals surface area contributed by atoms with Gasteiger partial charge in [-0.05, 0) is 25.1 Å². The Labute approximate surface area is 106 Å². The van der Waals surface area contributed by atoms with E-state index in [9.17, 15) is 13.2 Å². The molecule has 0 fully saturated rings. The van der Waals surface area contributed by atoms with Gasteiger partial charge in [-0.2, -0.15) is 13.2 Å². The number of alkyl halides is 3. The molecule has 0 spiro atoms. The van der Waals surface area contributed by atoms with Gasteiger partial charge in [0.15, 0.2) is 0 Å². The van der Waals surface area contributed by atoms with Crippen LogP contribution in [0.5, 0.6) is 0 Å². The van der Waals surface area contributed by atoms with Gasteiger partial charge in [0, 0.05) is 6.04 Å². The van der Waals surface area contributed by atoms with E-state index in [0.717, 1.165) is 5.56 Å². The van der Waals surface area contributed by atoms with Crippen molar-refractivity contribution in [3.63, 3.8) is 0 Å². The molecule has 102 valence electrons. The van der Waals surface area contributed by atoms with Crippen LogP contribution in [0.1, 0.15) is 24.9 Å². The van der Waals surface area contributed by atoms with Crippen molar-refractivity contribution in [2.75, 3.05) is 19.6 Å². The third-order valence-electron chi connectivity index (χ3n) is 2.85. The quantitative estimate of drug-likeness (QED) is 0.852. The van der Waals surface area contributed by atoms with E-state index >= 15 is 0 Å². The molecule has 0 aliphatic carbocycles. The van der Waals surface area contributed by atoms with Crippen LogP contribution in [0, 0.1) is 0 Å². The molecule has 0 aliphatic rings. The van der Waals surface area contributed by atoms with Crippen molar-refractivity contribution in [2.45, 2.75) is 25.6 Å². The lowest BCUT2D eigenvalue weighted by Crippen LogP contribution is -2.38. The molecule has 0 aliphatic heterocycles. The first kappa shape index (κ1) is 15.0. The molecule has 1 aromatic carbocycles. The summed E-state index contributed by atoms with van der Waals surface area (Å²) < 4.78 is 37.6. The molecule has 0 amide bonds. The van der Waals surface area contributed by atoms with Crippen molar-refractivity contribution < 1.29 is 13.2 Å². The first-order valence-corrected chi connectivity index (χ1v) is 6.03. The molecule has 1 unspecified atom stereocenters. The lowest BCUT2D eigenvalue weighted by molar-refractivity contribution is -0.151. The van der Waals surface area contributed by atoms with E-state index < -0.39 is 12.7 Å². The van der Waals surface area contributed by atoms with E-state index in [2.05, 4.69) is 0 Å². The molecule has 0 aromatic heterocycles. The van der Waals surface area contributed by atoms with Crippen LogP contribution in [-0.2, 0) is 0 Å². The minimum atomic E-state index is -4.18. The van der Waals surface area contributed by atoms with E-state index in [0.29, 0.717) is 19.5 Å². The highest BCUT2D eigenvalue weighted by molar-refractivity contribution is 5.19. The second-order valence-electron chi connectivity index (χ2n) is 4.18. The van der Waals surface area contributed by atoms with Crippen LogP contribution in [-0.4, -0.2) is 30.7 Å². The van der Waals surface area contributed by atoms with Gasteiger partial charge in [0.25, 0.3) is 0 Å². The molecule has 1 atom stereocenters. The van der Waals surface area contributed by atoms with Gasteiger partial charge in [-0.1, -0.05) is 37.3 Å². The zero-order valence-corrected chi connectivity index (χ0v) is 10.5. The number of halogens is 3. The maximum Gasteiger partial charge on any atom is 0.401 e. The summed E-state index contributed by atoms with van der Waals surface area (Å²) in [5.41, 5.74) is 6.40. The molecule has 0 heterocycles. The Morgan fingerprint density at radius 3 is 2.28 bits per heavy atom. The zero-order valence-electron chi connectivity index (χ0n) is 10.5. The maximum absolute atomic E-state index is 12.5. The summed E-state index contributed by atoms with van der Waals surface area (Å²) in [5, 5.41) is 0. The molecular formula is C13H19F3N2. The fourth-order valence-corrected chi connectivity index (χ4v) is 2.07. The van der Waals surface area contributed by atoms with Crippen LogP contribution in [0.3, 0.4) is 0 Å². The summed E-state index contributed by atoms with van der Waals surface area (Å²) in [5.74, 6) is 0. The van der Waals surface area contributed by atoms with E-state index in [1.807, 2.05) is 30.3 Å². The first-order valence-electron chi connectivity index (χ1n) is 6.03. The smallest absolute Gasteiger partial charge is 0.330 e. The van der Waals surface area contributed by atoms with Crippen LogP contribution in [0.25, 0.3) is 0 Å². The summed E-state index contributed by atoms with van der Waals surface area (Å²) in [7, 11) is 0. The number of hydrogen-bond donors (Lipinski definition) is 1. The van der Waals surface area contributed by atoms with Crippen molar-refractivity contribution in [3.05, 3.63) is 35.9 Å². The van der Waals surface area contributed by atoms with Crippen molar-refractivity contribution in [1.29, 1.82) is 0 Å². The summed E-state index contributed by atoms with van der Waals surface area (Å²) in [6, 6.07) is 8.94. The highest BCUT2D eigenvalue weighted by atomic mass is 19.4. The lowest BCUT2D eigenvalue weighted by atomic mass is 10.0. The Kier molecular flexibility index (Phi) is 5.62. The molecule has 5 heteroatoms. The summed E-state index contributed by atoms with van der Waals surface area (Å²) in [6.07, 6.45) is -3.66. The summed E-state index contributed by atoms with van der Waals surface area (Å²) >= 11 is 0. The summed E-state index contributed by atoms with van der Waals surface area (Å²) in [4.78, 5) is 1.42. The zero-order chi connectivity index (χ0) is 13.6. The SMILES string of the molecule is CCN(CC(F)(F)F)C(CCN)c1ccccc1. The second-order valence-corrected chi connectivity index (χ2v) is 4.18. The third-order valence-corrected chi connectivity index (χ3v) is 2.85. The standard InChI is InChI=1S/C13H19F3N2/c1-2-18(10-13(14,15)16)12(8-9-17)11-6-4-3-5-7-11/h3-7,12H,2,8-10,17H2,1H3. The predicted molar refractivity (Wildman–Crippen MR) is 66.2 cm³/mol. The highest BCUT2D eigenvalue weighted by Crippen LogP contribution is 2.27. The van der Waals surface area contributed by atoms with Gasteiger partial charge in [0.2, 0.25) is 0 Å². The van der Waals surface area contributed by atoms with Gasteiger partial charge in [0.1, 0.15) is 0 Å². The van der Waals surface area contributed by atoms with Crippen LogP contribution in [0.15, 0.2) is 30.3 Å². The first-order chi connectivity index (χ1) is 8.48. The Balaban J connectivity index is 2.88. The Morgan fingerprint density at radius 2 is 1.83 bits per heavy atom. The molecule has 18 heavy (non-hydrogen) atoms. The monoisotopic (exact) mass is 260 g/mol. The Hall–Kier alpha value is -1.07. The van der Waals surface area contributed by atoms with Gasteiger partial charge >= 0.3 is 6.18 Å². The van der Waals surface area contributed by atoms with Gasteiger partial charge in [-0.15, -0.1) is 0 Å². The topological polar surface area (TPSA) is 29.3 Å². The number of nitrogens with zero attached hydrogens (tertiary/aromatic N) is 1. The van der Waals surface area contributed by atoms with Gasteiger partial charge in [-0.3, -0.25) is 4.90 Å². The van der Waals surface area contributed by atoms with Crippen LogP contribution in [0.2, 0.25) is 0 Å². The normalized spacial score (nSPS) is 13.9. The number of benzene rings is 1. The maximum atomic E-state index is 12.5. The number of hydrogen-bond acceptors (Lipinski definition) is 2. The molecular weight excluding hydrogens is 241 g/mol. The lowest BCUT2D eigenvalue weighted by Gasteiger charge is -2.31. The van der Waals surface area contributed by atoms with Crippen molar-refractivity contribution in [3.8, 4) is 0 Å². The van der Waals surface area contributed by atoms with Crippen molar-refractivity contribution in [1.82, 2.24) is 4.90 Å². The Bertz CT molecular complexity index is 338. The van der Waals surface area contributed by atoms with E-state index in [1.54, 1.807) is 6.92 Å². The molecule has 2 nitrogen and oxygen atoms in total. The molecule has 0 bridgehead atoms. The highest BCUT2D eigenvalue weighted by Gasteiger charge is 2.33. The van der Waals surface area contributed by atoms with Crippen LogP contribution in [0.4, 0.5) is 13.2 Å². The molecule has 2 N–H and O–H groups in total. The molecule has 0 saturated heterocycles. The van der Waals surface area contributed by atoms with Crippen LogP contribution >= 0.6 is 0 Å². The minimum absolute atomic E-state index is 0.275. The van der Waals surface area contributed by atoms with E-state index in [4.69, 9.17) is 5.73 Å². The second kappa shape index (κ2) is 6.75. The summed E-state index contributed by atoms with van der Waals surface area (Å²) in [6.45, 7) is 1.55. The van der Waals surface area contributed by atoms with Crippen LogP contribution < -0.4 is 5.73 Å². The number of rotatable bonds is 6. The van der Waals surface area contributed by atoms with Gasteiger partial charge < -0.3 is 5.73 Å². The van der Waals surface area contributed by atoms with E-state index in [-0.39, 0.29) is 6.04 Å². The Morgan fingerprint density at radius 1 is 1.22 bits per heavy atom. The fraction of sp³-hybridized carbons (Fsp3) is 0.538. The molecule has 0 saturated carbocycles. The molecule has 1 aromatic rings. The molecule has 0 radical (unpaired) electrons. The average Bonchev–Trinajstić information content (AvgIpc) is 2.33. The van der Waals surface area contributed by atoms with Gasteiger partial charge in [-0.25, -0.2) is 0 Å². The molecule has 1 rings (SSSR count). The average molecular weight is 260 g/mol. The third kappa shape index (κ3) is 4.66. The van der Waals surface area contributed by atoms with Crippen molar-refractivity contribution >= 4 is 0 Å².